The molecule has 0 aliphatic rings. The van der Waals surface area contributed by atoms with Crippen molar-refractivity contribution < 1.29 is 19.0 Å². The summed E-state index contributed by atoms with van der Waals surface area (Å²) >= 11 is 6.02. The van der Waals surface area contributed by atoms with Gasteiger partial charge in [-0.15, -0.1) is 0 Å². The van der Waals surface area contributed by atoms with Gasteiger partial charge >= 0.3 is 6.03 Å². The van der Waals surface area contributed by atoms with Gasteiger partial charge in [0.15, 0.2) is 0 Å². The number of aliphatic hydroxyl groups is 1. The van der Waals surface area contributed by atoms with E-state index < -0.39 is 12.1 Å². The largest absolute Gasteiger partial charge is 0.497 e. The second-order valence-corrected chi connectivity index (χ2v) is 5.16. The van der Waals surface area contributed by atoms with Crippen LogP contribution in [0.4, 0.5) is 14.9 Å². The summed E-state index contributed by atoms with van der Waals surface area (Å²) in [6.45, 7) is -0.0226. The molecular weight excluding hydrogens is 323 g/mol. The lowest BCUT2D eigenvalue weighted by molar-refractivity contribution is 0.175. The number of rotatable bonds is 5. The summed E-state index contributed by atoms with van der Waals surface area (Å²) in [5.41, 5.74) is 0.926. The van der Waals surface area contributed by atoms with Crippen LogP contribution in [0.3, 0.4) is 0 Å². The van der Waals surface area contributed by atoms with E-state index in [-0.39, 0.29) is 12.4 Å². The Morgan fingerprint density at radius 3 is 2.61 bits per heavy atom. The summed E-state index contributed by atoms with van der Waals surface area (Å²) in [4.78, 5) is 11.8. The summed E-state index contributed by atoms with van der Waals surface area (Å²) in [7, 11) is 1.52. The maximum Gasteiger partial charge on any atom is 0.319 e. The normalized spacial score (nSPS) is 11.7. The fourth-order valence-corrected chi connectivity index (χ4v) is 2.10. The minimum atomic E-state index is -0.937. The molecule has 2 aromatic rings. The zero-order valence-electron chi connectivity index (χ0n) is 12.3. The van der Waals surface area contributed by atoms with E-state index in [1.54, 1.807) is 18.2 Å². The number of aliphatic hydroxyl groups excluding tert-OH is 1. The first-order valence-electron chi connectivity index (χ1n) is 6.81. The Labute approximate surface area is 138 Å². The van der Waals surface area contributed by atoms with E-state index in [1.807, 2.05) is 0 Å². The van der Waals surface area contributed by atoms with Crippen molar-refractivity contribution in [3.05, 3.63) is 58.9 Å². The smallest absolute Gasteiger partial charge is 0.319 e. The Morgan fingerprint density at radius 2 is 2.00 bits per heavy atom. The van der Waals surface area contributed by atoms with Gasteiger partial charge in [0.25, 0.3) is 0 Å². The number of hydrogen-bond acceptors (Lipinski definition) is 3. The Bertz CT molecular complexity index is 680. The van der Waals surface area contributed by atoms with Gasteiger partial charge in [0.1, 0.15) is 11.6 Å². The standard InChI is InChI=1S/C16H16ClFN2O3/c1-23-12-6-7-14(13(17)8-12)20-16(22)19-9-15(21)10-2-4-11(18)5-3-10/h2-8,15,21H,9H2,1H3,(H2,19,20,22). The maximum absolute atomic E-state index is 12.8. The van der Waals surface area contributed by atoms with Crippen molar-refractivity contribution in [3.8, 4) is 5.75 Å². The molecule has 0 aliphatic heterocycles. The topological polar surface area (TPSA) is 70.6 Å². The Hall–Kier alpha value is -2.31. The molecule has 0 radical (unpaired) electrons. The quantitative estimate of drug-likeness (QED) is 0.783. The van der Waals surface area contributed by atoms with Crippen molar-refractivity contribution in [2.45, 2.75) is 6.10 Å². The fraction of sp³-hybridized carbons (Fsp3) is 0.188. The van der Waals surface area contributed by atoms with Crippen molar-refractivity contribution in [2.24, 2.45) is 0 Å². The van der Waals surface area contributed by atoms with Crippen LogP contribution in [-0.4, -0.2) is 24.8 Å². The summed E-state index contributed by atoms with van der Waals surface area (Å²) in [5, 5.41) is 15.4. The number of benzene rings is 2. The second kappa shape index (κ2) is 7.80. The molecule has 3 N–H and O–H groups in total. The van der Waals surface area contributed by atoms with Crippen molar-refractivity contribution in [3.63, 3.8) is 0 Å². The van der Waals surface area contributed by atoms with E-state index in [1.165, 1.54) is 31.4 Å². The molecular formula is C16H16ClFN2O3. The monoisotopic (exact) mass is 338 g/mol. The summed E-state index contributed by atoms with van der Waals surface area (Å²) in [5.74, 6) is 0.188. The third kappa shape index (κ3) is 4.84. The molecule has 1 atom stereocenters. The van der Waals surface area contributed by atoms with Gasteiger partial charge in [-0.25, -0.2) is 9.18 Å². The van der Waals surface area contributed by atoms with Crippen LogP contribution in [0.25, 0.3) is 0 Å². The van der Waals surface area contributed by atoms with Crippen LogP contribution in [0.15, 0.2) is 42.5 Å². The molecule has 0 aliphatic carbocycles. The average Bonchev–Trinajstić information content (AvgIpc) is 2.55. The van der Waals surface area contributed by atoms with E-state index in [0.29, 0.717) is 22.0 Å². The number of carbonyl (C=O) groups excluding carboxylic acids is 1. The van der Waals surface area contributed by atoms with Crippen LogP contribution in [0.1, 0.15) is 11.7 Å². The minimum Gasteiger partial charge on any atom is -0.497 e. The van der Waals surface area contributed by atoms with Crippen LogP contribution in [0.5, 0.6) is 5.75 Å². The van der Waals surface area contributed by atoms with Crippen LogP contribution in [0.2, 0.25) is 5.02 Å². The average molecular weight is 339 g/mol. The van der Waals surface area contributed by atoms with Gasteiger partial charge < -0.3 is 20.5 Å². The second-order valence-electron chi connectivity index (χ2n) is 4.75. The van der Waals surface area contributed by atoms with Gasteiger partial charge in [0, 0.05) is 12.6 Å². The SMILES string of the molecule is COc1ccc(NC(=O)NCC(O)c2ccc(F)cc2)c(Cl)c1. The van der Waals surface area contributed by atoms with Crippen LogP contribution < -0.4 is 15.4 Å². The summed E-state index contributed by atoms with van der Waals surface area (Å²) < 4.78 is 17.8. The molecule has 2 amide bonds. The number of amides is 2. The lowest BCUT2D eigenvalue weighted by atomic mass is 10.1. The number of anilines is 1. The highest BCUT2D eigenvalue weighted by molar-refractivity contribution is 6.33. The number of methoxy groups -OCH3 is 1. The van der Waals surface area contributed by atoms with E-state index in [2.05, 4.69) is 10.6 Å². The molecule has 122 valence electrons. The van der Waals surface area contributed by atoms with E-state index in [9.17, 15) is 14.3 Å². The van der Waals surface area contributed by atoms with Gasteiger partial charge in [-0.2, -0.15) is 0 Å². The molecule has 0 aromatic heterocycles. The molecule has 2 aromatic carbocycles. The van der Waals surface area contributed by atoms with Gasteiger partial charge in [-0.3, -0.25) is 0 Å². The molecule has 0 saturated heterocycles. The molecule has 0 saturated carbocycles. The highest BCUT2D eigenvalue weighted by atomic mass is 35.5. The van der Waals surface area contributed by atoms with Crippen molar-refractivity contribution >= 4 is 23.3 Å². The van der Waals surface area contributed by atoms with Gasteiger partial charge in [-0.05, 0) is 29.8 Å². The van der Waals surface area contributed by atoms with Crippen LogP contribution >= 0.6 is 11.6 Å². The van der Waals surface area contributed by atoms with E-state index in [4.69, 9.17) is 16.3 Å². The molecule has 0 bridgehead atoms. The predicted molar refractivity (Wildman–Crippen MR) is 86.4 cm³/mol. The minimum absolute atomic E-state index is 0.0226. The number of hydrogen-bond donors (Lipinski definition) is 3. The number of nitrogens with one attached hydrogen (secondary N) is 2. The molecule has 0 spiro atoms. The van der Waals surface area contributed by atoms with Gasteiger partial charge in [0.2, 0.25) is 0 Å². The lowest BCUT2D eigenvalue weighted by Crippen LogP contribution is -2.32. The van der Waals surface area contributed by atoms with Crippen LogP contribution in [-0.2, 0) is 0 Å². The number of ether oxygens (including phenoxy) is 1. The van der Waals surface area contributed by atoms with E-state index in [0.717, 1.165) is 0 Å². The Morgan fingerprint density at radius 1 is 1.30 bits per heavy atom. The summed E-state index contributed by atoms with van der Waals surface area (Å²) in [6, 6.07) is 9.74. The van der Waals surface area contributed by atoms with Gasteiger partial charge in [0.05, 0.1) is 23.9 Å². The molecule has 1 unspecified atom stereocenters. The first-order valence-corrected chi connectivity index (χ1v) is 7.19. The third-order valence-corrected chi connectivity index (χ3v) is 3.45. The number of urea groups is 1. The number of carbonyl (C=O) groups is 1. The fourth-order valence-electron chi connectivity index (χ4n) is 1.88. The lowest BCUT2D eigenvalue weighted by Gasteiger charge is -2.14. The zero-order valence-corrected chi connectivity index (χ0v) is 13.1. The highest BCUT2D eigenvalue weighted by Gasteiger charge is 2.11. The molecule has 23 heavy (non-hydrogen) atoms. The van der Waals surface area contributed by atoms with Crippen molar-refractivity contribution in [1.29, 1.82) is 0 Å². The Kier molecular flexibility index (Phi) is 5.78. The zero-order chi connectivity index (χ0) is 16.8. The Balaban J connectivity index is 1.88. The van der Waals surface area contributed by atoms with Crippen LogP contribution in [0, 0.1) is 5.82 Å². The molecule has 5 nitrogen and oxygen atoms in total. The molecule has 2 rings (SSSR count). The number of halogens is 2. The van der Waals surface area contributed by atoms with Gasteiger partial charge in [-0.1, -0.05) is 23.7 Å². The van der Waals surface area contributed by atoms with Crippen molar-refractivity contribution in [2.75, 3.05) is 19.0 Å². The first kappa shape index (κ1) is 17.1. The summed E-state index contributed by atoms with van der Waals surface area (Å²) in [6.07, 6.45) is -0.937. The molecule has 7 heteroatoms. The first-order chi connectivity index (χ1) is 11.0. The third-order valence-electron chi connectivity index (χ3n) is 3.14. The van der Waals surface area contributed by atoms with Crippen molar-refractivity contribution in [1.82, 2.24) is 5.32 Å². The highest BCUT2D eigenvalue weighted by Crippen LogP contribution is 2.26. The van der Waals surface area contributed by atoms with E-state index >= 15 is 0 Å². The molecule has 0 fully saturated rings. The predicted octanol–water partition coefficient (Wildman–Crippen LogP) is 3.34. The maximum atomic E-state index is 12.8. The molecule has 0 heterocycles.